The van der Waals surface area contributed by atoms with Crippen LogP contribution >= 0.6 is 0 Å². The molecule has 0 rings (SSSR count). The maximum absolute atomic E-state index is 0. The Morgan fingerprint density at radius 2 is 1.00 bits per heavy atom. The zero-order chi connectivity index (χ0) is 0. The normalized spacial score (nSPS) is 0. The van der Waals surface area contributed by atoms with E-state index in [0.717, 1.165) is 0 Å². The average molecular weight is 275 g/mol. The van der Waals surface area contributed by atoms with Crippen LogP contribution in [0.25, 0.3) is 0 Å². The van der Waals surface area contributed by atoms with Crippen LogP contribution in [0.3, 0.4) is 0 Å². The van der Waals surface area contributed by atoms with Crippen LogP contribution in [0.15, 0.2) is 0 Å². The molecule has 0 nitrogen and oxygen atoms in total. The second kappa shape index (κ2) is 16.6. The van der Waals surface area contributed by atoms with Gasteiger partial charge in [0, 0.05) is 38.8 Å². The summed E-state index contributed by atoms with van der Waals surface area (Å²) in [5.74, 6) is 0. The van der Waals surface area contributed by atoms with Gasteiger partial charge in [-0.15, -0.1) is 0 Å². The Morgan fingerprint density at radius 1 is 1.00 bits per heavy atom. The number of rotatable bonds is 0. The molecule has 0 aliphatic rings. The molecule has 0 aliphatic heterocycles. The van der Waals surface area contributed by atoms with Crippen LogP contribution in [-0.4, -0.2) is 59.8 Å². The molecule has 0 heterocycles. The van der Waals surface area contributed by atoms with Crippen molar-refractivity contribution >= 4 is 59.8 Å². The van der Waals surface area contributed by atoms with Gasteiger partial charge in [-0.3, -0.25) is 0 Å². The van der Waals surface area contributed by atoms with Gasteiger partial charge in [0.1, 0.15) is 0 Å². The van der Waals surface area contributed by atoms with E-state index in [1.54, 1.807) is 0 Å². The van der Waals surface area contributed by atoms with Crippen LogP contribution in [0.2, 0.25) is 0 Å². The summed E-state index contributed by atoms with van der Waals surface area (Å²) in [4.78, 5) is 0. The van der Waals surface area contributed by atoms with Gasteiger partial charge in [-0.05, 0) is 11.0 Å². The maximum atomic E-state index is 0. The Morgan fingerprint density at radius 3 is 1.00 bits per heavy atom. The van der Waals surface area contributed by atoms with E-state index in [1.807, 2.05) is 0 Å². The summed E-state index contributed by atoms with van der Waals surface area (Å²) in [6, 6.07) is 0. The third-order valence-corrected chi connectivity index (χ3v) is 0. The molecular weight excluding hydrogens is 269 g/mol. The van der Waals surface area contributed by atoms with Crippen LogP contribution in [0, 0.1) is 0 Å². The van der Waals surface area contributed by atoms with Crippen LogP contribution in [0.4, 0.5) is 0 Å². The van der Waals surface area contributed by atoms with Gasteiger partial charge >= 0.3 is 48.9 Å². The van der Waals surface area contributed by atoms with Crippen molar-refractivity contribution in [1.82, 2.24) is 0 Å². The van der Waals surface area contributed by atoms with E-state index in [4.69, 9.17) is 0 Å². The Labute approximate surface area is 96.3 Å². The standard InChI is InChI=1S/Ba.Fe.H4Si.Ti.2H/h;;1H4;;;. The first-order valence-corrected chi connectivity index (χ1v) is 0. The molecule has 0 unspecified atom stereocenters. The first kappa shape index (κ1) is 27.9. The molecule has 4 heavy (non-hydrogen) atoms. The molecule has 0 aromatic carbocycles. The number of hydrogen-bond acceptors (Lipinski definition) is 0. The summed E-state index contributed by atoms with van der Waals surface area (Å²) >= 11 is 0. The zero-order valence-electron chi connectivity index (χ0n) is 0.854. The minimum atomic E-state index is 0. The molecule has 0 atom stereocenters. The molecular formula is H6BaFeSiTi. The zero-order valence-corrected chi connectivity index (χ0v) is 3.52. The van der Waals surface area contributed by atoms with Gasteiger partial charge in [0.2, 0.25) is 0 Å². The summed E-state index contributed by atoms with van der Waals surface area (Å²) in [5.41, 5.74) is 0. The topological polar surface area (TPSA) is 0 Å². The third-order valence-electron chi connectivity index (χ3n) is 0. The fourth-order valence-electron chi connectivity index (χ4n) is 0. The van der Waals surface area contributed by atoms with Gasteiger partial charge in [0.05, 0.1) is 0 Å². The van der Waals surface area contributed by atoms with Crippen molar-refractivity contribution in [2.45, 2.75) is 0 Å². The van der Waals surface area contributed by atoms with Gasteiger partial charge in [-0.2, -0.15) is 0 Å². The molecule has 0 bridgehead atoms. The maximum Gasteiger partial charge on any atom is 0 e. The molecule has 0 spiro atoms. The monoisotopic (exact) mass is 276 g/mol. The Kier molecular flexibility index (Phi) is 116. The molecule has 0 aliphatic carbocycles. The van der Waals surface area contributed by atoms with E-state index in [2.05, 4.69) is 0 Å². The van der Waals surface area contributed by atoms with E-state index in [0.29, 0.717) is 0 Å². The Bertz CT molecular complexity index is 8.00. The van der Waals surface area contributed by atoms with Gasteiger partial charge < -0.3 is 0 Å². The van der Waals surface area contributed by atoms with Crippen LogP contribution in [0.1, 0.15) is 0 Å². The summed E-state index contributed by atoms with van der Waals surface area (Å²) < 4.78 is 0. The van der Waals surface area contributed by atoms with Gasteiger partial charge in [0.15, 0.2) is 0 Å². The molecule has 0 saturated carbocycles. The van der Waals surface area contributed by atoms with E-state index in [9.17, 15) is 0 Å². The Hall–Kier alpha value is 3.02. The molecule has 0 radical (unpaired) electrons. The van der Waals surface area contributed by atoms with Crippen LogP contribution in [0.5, 0.6) is 0 Å². The predicted molar refractivity (Wildman–Crippen MR) is 19.9 cm³/mol. The molecule has 0 aromatic rings. The fraction of sp³-hybridized carbons (Fsp3) is 0. The fourth-order valence-corrected chi connectivity index (χ4v) is 0. The van der Waals surface area contributed by atoms with Crippen molar-refractivity contribution in [2.75, 3.05) is 0 Å². The molecule has 4 heteroatoms. The van der Waals surface area contributed by atoms with E-state index < -0.39 is 0 Å². The summed E-state index contributed by atoms with van der Waals surface area (Å²) in [5, 5.41) is 0. The van der Waals surface area contributed by atoms with Crippen molar-refractivity contribution in [3.8, 4) is 0 Å². The van der Waals surface area contributed by atoms with Crippen LogP contribution < -0.4 is 0 Å². The third kappa shape index (κ3) is 8.90. The van der Waals surface area contributed by atoms with Crippen molar-refractivity contribution < 1.29 is 38.8 Å². The second-order valence-electron chi connectivity index (χ2n) is 0. The molecule has 24 valence electrons. The van der Waals surface area contributed by atoms with Gasteiger partial charge in [-0.1, -0.05) is 0 Å². The minimum Gasteiger partial charge on any atom is -0.0149 e. The van der Waals surface area contributed by atoms with Crippen molar-refractivity contribution in [1.29, 1.82) is 0 Å². The first-order valence-electron chi connectivity index (χ1n) is 0. The summed E-state index contributed by atoms with van der Waals surface area (Å²) in [6.07, 6.45) is 0. The first-order chi connectivity index (χ1) is 0. The van der Waals surface area contributed by atoms with Crippen molar-refractivity contribution in [3.63, 3.8) is 0 Å². The molecule has 0 N–H and O–H groups in total. The molecule has 0 fully saturated rings. The minimum absolute atomic E-state index is 0. The predicted octanol–water partition coefficient (Wildman–Crippen LogP) is -2.37. The van der Waals surface area contributed by atoms with E-state index in [1.165, 1.54) is 0 Å². The largest absolute Gasteiger partial charge is 0.0149 e. The van der Waals surface area contributed by atoms with Crippen molar-refractivity contribution in [3.05, 3.63) is 0 Å². The molecule has 0 aromatic heterocycles. The Balaban J connectivity index is 0. The summed E-state index contributed by atoms with van der Waals surface area (Å²) in [6.45, 7) is 0. The molecule has 0 saturated heterocycles. The molecule has 0 amide bonds. The second-order valence-corrected chi connectivity index (χ2v) is 0. The van der Waals surface area contributed by atoms with Gasteiger partial charge in [0.25, 0.3) is 0 Å². The average Bonchev–Trinajstić information content (AvgIpc) is 0. The SMILES string of the molecule is [BaH2].[Fe].[SiH4].[Ti]. The van der Waals surface area contributed by atoms with Crippen LogP contribution in [-0.2, 0) is 38.8 Å². The van der Waals surface area contributed by atoms with E-state index in [-0.39, 0.29) is 98.6 Å². The quantitative estimate of drug-likeness (QED) is 0.433. The number of hydrogen-bond donors (Lipinski definition) is 0. The van der Waals surface area contributed by atoms with Gasteiger partial charge in [-0.25, -0.2) is 0 Å². The smallest absolute Gasteiger partial charge is 0 e. The van der Waals surface area contributed by atoms with Crippen molar-refractivity contribution in [2.24, 2.45) is 0 Å². The van der Waals surface area contributed by atoms with E-state index >= 15 is 0 Å². The summed E-state index contributed by atoms with van der Waals surface area (Å²) in [7, 11) is 0.